The van der Waals surface area contributed by atoms with E-state index in [0.717, 1.165) is 6.42 Å². The van der Waals surface area contributed by atoms with Gasteiger partial charge in [0.25, 0.3) is 0 Å². The summed E-state index contributed by atoms with van der Waals surface area (Å²) in [6, 6.07) is 0. The van der Waals surface area contributed by atoms with Gasteiger partial charge in [-0.05, 0) is 18.6 Å². The molecule has 0 amide bonds. The molecule has 0 saturated heterocycles. The van der Waals surface area contributed by atoms with Crippen LogP contribution in [0.5, 0.6) is 0 Å². The number of aliphatic hydroxyl groups excluding tert-OH is 1. The van der Waals surface area contributed by atoms with Gasteiger partial charge in [-0.15, -0.1) is 0 Å². The number of hydrogen-bond acceptors (Lipinski definition) is 2. The maximum atomic E-state index is 8.70. The van der Waals surface area contributed by atoms with E-state index in [4.69, 9.17) is 5.11 Å². The molecular formula is C11H24OS. The van der Waals surface area contributed by atoms with Gasteiger partial charge in [-0.25, -0.2) is 0 Å². The van der Waals surface area contributed by atoms with Crippen LogP contribution in [0.25, 0.3) is 0 Å². The third kappa shape index (κ3) is 10.2. The number of hydrogen-bond donors (Lipinski definition) is 1. The molecule has 0 rings (SSSR count). The molecule has 0 aliphatic heterocycles. The third-order valence-corrected chi connectivity index (χ3v) is 3.52. The Balaban J connectivity index is 2.97. The summed E-state index contributed by atoms with van der Waals surface area (Å²) in [4.78, 5) is 0. The van der Waals surface area contributed by atoms with Gasteiger partial charge >= 0.3 is 0 Å². The average Bonchev–Trinajstić information content (AvgIpc) is 2.11. The Bertz CT molecular complexity index is 96.1. The van der Waals surface area contributed by atoms with Crippen LogP contribution >= 0.6 is 11.8 Å². The molecule has 0 aromatic heterocycles. The predicted molar refractivity (Wildman–Crippen MR) is 62.4 cm³/mol. The molecule has 80 valence electrons. The van der Waals surface area contributed by atoms with Gasteiger partial charge in [0.15, 0.2) is 0 Å². The van der Waals surface area contributed by atoms with Crippen molar-refractivity contribution < 1.29 is 5.11 Å². The van der Waals surface area contributed by atoms with E-state index in [1.165, 1.54) is 37.9 Å². The van der Waals surface area contributed by atoms with Crippen LogP contribution < -0.4 is 0 Å². The Morgan fingerprint density at radius 1 is 1.15 bits per heavy atom. The second-order valence-electron chi connectivity index (χ2n) is 3.61. The molecule has 0 heterocycles. The molecule has 0 fully saturated rings. The van der Waals surface area contributed by atoms with E-state index in [1.54, 1.807) is 0 Å². The SMILES string of the molecule is CCCCCCCSC(C)CCO. The highest BCUT2D eigenvalue weighted by atomic mass is 32.2. The quantitative estimate of drug-likeness (QED) is 0.580. The van der Waals surface area contributed by atoms with Gasteiger partial charge in [-0.1, -0.05) is 39.5 Å². The van der Waals surface area contributed by atoms with Crippen molar-refractivity contribution in [2.24, 2.45) is 0 Å². The molecular weight excluding hydrogens is 180 g/mol. The van der Waals surface area contributed by atoms with Crippen LogP contribution in [0.15, 0.2) is 0 Å². The van der Waals surface area contributed by atoms with Gasteiger partial charge in [0.2, 0.25) is 0 Å². The lowest BCUT2D eigenvalue weighted by molar-refractivity contribution is 0.289. The molecule has 0 spiro atoms. The van der Waals surface area contributed by atoms with Gasteiger partial charge in [0, 0.05) is 11.9 Å². The van der Waals surface area contributed by atoms with Gasteiger partial charge in [-0.3, -0.25) is 0 Å². The zero-order chi connectivity index (χ0) is 9.94. The summed E-state index contributed by atoms with van der Waals surface area (Å²) in [5.41, 5.74) is 0. The van der Waals surface area contributed by atoms with Crippen molar-refractivity contribution in [3.8, 4) is 0 Å². The fourth-order valence-electron chi connectivity index (χ4n) is 1.26. The van der Waals surface area contributed by atoms with E-state index in [9.17, 15) is 0 Å². The Labute approximate surface area is 87.3 Å². The first-order valence-corrected chi connectivity index (χ1v) is 6.58. The molecule has 1 atom stereocenters. The highest BCUT2D eigenvalue weighted by molar-refractivity contribution is 7.99. The lowest BCUT2D eigenvalue weighted by atomic mass is 10.2. The van der Waals surface area contributed by atoms with Crippen LogP contribution in [0.2, 0.25) is 0 Å². The second kappa shape index (κ2) is 10.4. The fraction of sp³-hybridized carbons (Fsp3) is 1.00. The Morgan fingerprint density at radius 2 is 1.85 bits per heavy atom. The number of thioether (sulfide) groups is 1. The van der Waals surface area contributed by atoms with Crippen molar-refractivity contribution in [3.05, 3.63) is 0 Å². The van der Waals surface area contributed by atoms with Crippen LogP contribution in [0.4, 0.5) is 0 Å². The van der Waals surface area contributed by atoms with Gasteiger partial charge in [-0.2, -0.15) is 11.8 Å². The van der Waals surface area contributed by atoms with Crippen LogP contribution in [-0.4, -0.2) is 22.7 Å². The van der Waals surface area contributed by atoms with Crippen molar-refractivity contribution in [2.45, 2.75) is 57.6 Å². The predicted octanol–water partition coefficient (Wildman–Crippen LogP) is 3.46. The molecule has 1 nitrogen and oxygen atoms in total. The Kier molecular flexibility index (Phi) is 10.6. The number of unbranched alkanes of at least 4 members (excludes halogenated alkanes) is 4. The maximum absolute atomic E-state index is 8.70. The van der Waals surface area contributed by atoms with Crippen molar-refractivity contribution in [3.63, 3.8) is 0 Å². The Hall–Kier alpha value is 0.310. The summed E-state index contributed by atoms with van der Waals surface area (Å²) < 4.78 is 0. The minimum Gasteiger partial charge on any atom is -0.396 e. The highest BCUT2D eigenvalue weighted by Crippen LogP contribution is 2.16. The van der Waals surface area contributed by atoms with E-state index in [-0.39, 0.29) is 0 Å². The smallest absolute Gasteiger partial charge is 0.0441 e. The second-order valence-corrected chi connectivity index (χ2v) is 5.15. The molecule has 0 saturated carbocycles. The first kappa shape index (κ1) is 13.3. The third-order valence-electron chi connectivity index (χ3n) is 2.19. The number of rotatable bonds is 9. The largest absolute Gasteiger partial charge is 0.396 e. The summed E-state index contributed by atoms with van der Waals surface area (Å²) in [6.45, 7) is 4.79. The number of aliphatic hydroxyl groups is 1. The highest BCUT2D eigenvalue weighted by Gasteiger charge is 2.00. The minimum atomic E-state index is 0.337. The molecule has 13 heavy (non-hydrogen) atoms. The molecule has 0 aliphatic carbocycles. The first-order valence-electron chi connectivity index (χ1n) is 5.53. The normalized spacial score (nSPS) is 13.2. The lowest BCUT2D eigenvalue weighted by Crippen LogP contribution is -2.00. The zero-order valence-electron chi connectivity index (χ0n) is 9.09. The van der Waals surface area contributed by atoms with E-state index in [0.29, 0.717) is 11.9 Å². The monoisotopic (exact) mass is 204 g/mol. The summed E-state index contributed by atoms with van der Waals surface area (Å²) in [5, 5.41) is 9.33. The molecule has 0 bridgehead atoms. The summed E-state index contributed by atoms with van der Waals surface area (Å²) in [7, 11) is 0. The lowest BCUT2D eigenvalue weighted by Gasteiger charge is -2.08. The van der Waals surface area contributed by atoms with Crippen LogP contribution in [0.1, 0.15) is 52.4 Å². The van der Waals surface area contributed by atoms with Crippen LogP contribution in [0.3, 0.4) is 0 Å². The fourth-order valence-corrected chi connectivity index (χ4v) is 2.30. The average molecular weight is 204 g/mol. The standard InChI is InChI=1S/C11H24OS/c1-3-4-5-6-7-10-13-11(2)8-9-12/h11-12H,3-10H2,1-2H3. The molecule has 0 aromatic carbocycles. The van der Waals surface area contributed by atoms with Crippen molar-refractivity contribution in [1.29, 1.82) is 0 Å². The molecule has 1 unspecified atom stereocenters. The molecule has 0 aliphatic rings. The van der Waals surface area contributed by atoms with E-state index in [2.05, 4.69) is 13.8 Å². The van der Waals surface area contributed by atoms with Crippen molar-refractivity contribution in [1.82, 2.24) is 0 Å². The maximum Gasteiger partial charge on any atom is 0.0441 e. The molecule has 1 N–H and O–H groups in total. The Morgan fingerprint density at radius 3 is 2.46 bits per heavy atom. The molecule has 0 radical (unpaired) electrons. The van der Waals surface area contributed by atoms with Crippen LogP contribution in [0, 0.1) is 0 Å². The summed E-state index contributed by atoms with van der Waals surface area (Å²) in [6.07, 6.45) is 7.78. The van der Waals surface area contributed by atoms with E-state index < -0.39 is 0 Å². The topological polar surface area (TPSA) is 20.2 Å². The van der Waals surface area contributed by atoms with Crippen molar-refractivity contribution in [2.75, 3.05) is 12.4 Å². The zero-order valence-corrected chi connectivity index (χ0v) is 9.91. The van der Waals surface area contributed by atoms with Gasteiger partial charge < -0.3 is 5.11 Å². The van der Waals surface area contributed by atoms with Crippen molar-refractivity contribution >= 4 is 11.8 Å². The minimum absolute atomic E-state index is 0.337. The first-order chi connectivity index (χ1) is 6.31. The van der Waals surface area contributed by atoms with Gasteiger partial charge in [0.05, 0.1) is 0 Å². The van der Waals surface area contributed by atoms with Crippen LogP contribution in [-0.2, 0) is 0 Å². The summed E-state index contributed by atoms with van der Waals surface area (Å²) >= 11 is 2.00. The van der Waals surface area contributed by atoms with Gasteiger partial charge in [0.1, 0.15) is 0 Å². The molecule has 2 heteroatoms. The van der Waals surface area contributed by atoms with E-state index >= 15 is 0 Å². The van der Waals surface area contributed by atoms with E-state index in [1.807, 2.05) is 11.8 Å². The molecule has 0 aromatic rings. The summed E-state index contributed by atoms with van der Waals surface area (Å²) in [5.74, 6) is 1.27.